The minimum atomic E-state index is -1.27. The topological polar surface area (TPSA) is 147 Å². The number of likely N-dealkylation sites (N-methyl/N-ethyl adjacent to an activating group) is 1. The summed E-state index contributed by atoms with van der Waals surface area (Å²) in [5.74, 6) is 3.89. The number of benzene rings is 3. The number of nitrogens with one attached hydrogen (secondary N) is 2. The van der Waals surface area contributed by atoms with Crippen molar-refractivity contribution in [2.75, 3.05) is 32.1 Å². The van der Waals surface area contributed by atoms with Crippen LogP contribution in [0.15, 0.2) is 102 Å². The zero-order chi connectivity index (χ0) is 34.6. The maximum Gasteiger partial charge on any atom is 0.351 e. The molecule has 3 aromatic carbocycles. The maximum absolute atomic E-state index is 13.7. The van der Waals surface area contributed by atoms with Crippen molar-refractivity contribution in [2.24, 2.45) is 0 Å². The molecule has 1 aliphatic rings. The van der Waals surface area contributed by atoms with Crippen LogP contribution in [-0.2, 0) is 18.9 Å². The Morgan fingerprint density at radius 1 is 0.857 bits per heavy atom. The third-order valence-electron chi connectivity index (χ3n) is 7.58. The van der Waals surface area contributed by atoms with Crippen LogP contribution in [0.3, 0.4) is 0 Å². The Morgan fingerprint density at radius 3 is 2.00 bits per heavy atom. The smallest absolute Gasteiger partial charge is 0.351 e. The quantitative estimate of drug-likeness (QED) is 0.130. The Balaban J connectivity index is 1.53. The molecule has 0 spiro atoms. The van der Waals surface area contributed by atoms with Gasteiger partial charge in [-0.2, -0.15) is 4.98 Å². The van der Waals surface area contributed by atoms with Gasteiger partial charge in [0.1, 0.15) is 12.7 Å². The molecule has 0 aliphatic carbocycles. The largest absolute Gasteiger partial charge is 0.452 e. The first kappa shape index (κ1) is 34.7. The van der Waals surface area contributed by atoms with Crippen molar-refractivity contribution < 1.29 is 33.3 Å². The van der Waals surface area contributed by atoms with E-state index in [4.69, 9.17) is 18.9 Å². The van der Waals surface area contributed by atoms with Crippen LogP contribution in [0, 0.1) is 11.8 Å². The summed E-state index contributed by atoms with van der Waals surface area (Å²) in [4.78, 5) is 57.5. The van der Waals surface area contributed by atoms with Crippen LogP contribution in [0.4, 0.5) is 5.82 Å². The third kappa shape index (κ3) is 8.85. The van der Waals surface area contributed by atoms with Gasteiger partial charge >= 0.3 is 17.6 Å². The number of carbonyl (C=O) groups is 3. The first-order valence-corrected chi connectivity index (χ1v) is 15.8. The van der Waals surface area contributed by atoms with Gasteiger partial charge in [0, 0.05) is 18.3 Å². The van der Waals surface area contributed by atoms with Crippen molar-refractivity contribution in [2.45, 2.75) is 37.9 Å². The van der Waals surface area contributed by atoms with Crippen LogP contribution in [0.25, 0.3) is 0 Å². The molecule has 12 heteroatoms. The second-order valence-electron chi connectivity index (χ2n) is 10.9. The lowest BCUT2D eigenvalue weighted by Gasteiger charge is -2.25. The number of rotatable bonds is 12. The fourth-order valence-electron chi connectivity index (χ4n) is 5.10. The molecule has 1 aliphatic heterocycles. The molecule has 4 atom stereocenters. The lowest BCUT2D eigenvalue weighted by molar-refractivity contribution is -0.0526. The summed E-state index contributed by atoms with van der Waals surface area (Å²) < 4.78 is 24.8. The lowest BCUT2D eigenvalue weighted by atomic mass is 10.1. The van der Waals surface area contributed by atoms with Crippen LogP contribution in [0.1, 0.15) is 56.2 Å². The van der Waals surface area contributed by atoms with E-state index in [1.54, 1.807) is 98.0 Å². The number of carbonyl (C=O) groups excluding carboxylic acids is 3. The van der Waals surface area contributed by atoms with Gasteiger partial charge in [0.25, 0.3) is 5.91 Å². The molecule has 0 saturated carbocycles. The van der Waals surface area contributed by atoms with E-state index < -0.39 is 48.1 Å². The average molecular weight is 665 g/mol. The summed E-state index contributed by atoms with van der Waals surface area (Å²) in [5, 5.41) is 5.65. The molecule has 2 N–H and O–H groups in total. The fraction of sp³-hybridized carbons (Fsp3) is 0.270. The van der Waals surface area contributed by atoms with Gasteiger partial charge in [0.15, 0.2) is 24.3 Å². The highest BCUT2D eigenvalue weighted by Gasteiger charge is 2.50. The Hall–Kier alpha value is -5.61. The number of esters is 2. The zero-order valence-electron chi connectivity index (χ0n) is 27.0. The molecule has 2 heterocycles. The maximum atomic E-state index is 13.7. The predicted octanol–water partition coefficient (Wildman–Crippen LogP) is 3.84. The van der Waals surface area contributed by atoms with E-state index in [-0.39, 0.29) is 23.6 Å². The van der Waals surface area contributed by atoms with Crippen molar-refractivity contribution in [3.63, 3.8) is 0 Å². The van der Waals surface area contributed by atoms with Crippen molar-refractivity contribution in [1.29, 1.82) is 0 Å². The van der Waals surface area contributed by atoms with Crippen molar-refractivity contribution in [3.8, 4) is 11.8 Å². The SMILES string of the molecule is CC[C@H]1OC(n2cc(C#CCOCCNC)c(NC(=O)c3ccccc3)nc2=O)[C@H](OC(=O)c2ccccc2)[C@@H]1OC(=O)c1ccccc1. The molecule has 1 saturated heterocycles. The molecule has 0 radical (unpaired) electrons. The van der Waals surface area contributed by atoms with Gasteiger partial charge in [0.2, 0.25) is 0 Å². The standard InChI is InChI=1S/C37H36N4O8/c1-3-29-30(48-35(43)26-16-9-5-10-17-26)31(49-36(44)27-18-11-6-12-19-27)34(47-29)41-24-28(20-13-22-46-23-21-38-2)32(40-37(41)45)39-33(42)25-14-7-4-8-15-25/h4-12,14-19,24,29-31,34,38H,3,21-23H2,1-2H3,(H,39,40,42,45)/t29-,30-,31-,34?/m1/s1. The highest BCUT2D eigenvalue weighted by atomic mass is 16.6. The van der Waals surface area contributed by atoms with Crippen molar-refractivity contribution in [3.05, 3.63) is 130 Å². The van der Waals surface area contributed by atoms with E-state index >= 15 is 0 Å². The molecule has 12 nitrogen and oxygen atoms in total. The van der Waals surface area contributed by atoms with Gasteiger partial charge in [-0.15, -0.1) is 0 Å². The molecule has 4 aromatic rings. The van der Waals surface area contributed by atoms with Gasteiger partial charge in [0.05, 0.1) is 23.3 Å². The first-order chi connectivity index (χ1) is 23.9. The first-order valence-electron chi connectivity index (χ1n) is 15.8. The summed E-state index contributed by atoms with van der Waals surface area (Å²) in [6.07, 6.45) is -2.65. The molecular weight excluding hydrogens is 628 g/mol. The molecule has 5 rings (SSSR count). The number of anilines is 1. The molecule has 0 bridgehead atoms. The van der Waals surface area contributed by atoms with Gasteiger partial charge in [-0.05, 0) is 49.9 Å². The minimum Gasteiger partial charge on any atom is -0.452 e. The Labute approximate surface area is 283 Å². The fourth-order valence-corrected chi connectivity index (χ4v) is 5.10. The molecule has 1 fully saturated rings. The summed E-state index contributed by atoms with van der Waals surface area (Å²) in [6.45, 7) is 2.94. The minimum absolute atomic E-state index is 0.0690. The number of amides is 1. The summed E-state index contributed by atoms with van der Waals surface area (Å²) in [6, 6.07) is 25.1. The lowest BCUT2D eigenvalue weighted by Crippen LogP contribution is -2.41. The number of hydrogen-bond acceptors (Lipinski definition) is 10. The van der Waals surface area contributed by atoms with Crippen LogP contribution >= 0.6 is 0 Å². The molecule has 252 valence electrons. The molecule has 1 amide bonds. The Morgan fingerprint density at radius 2 is 1.43 bits per heavy atom. The third-order valence-corrected chi connectivity index (χ3v) is 7.58. The Bertz CT molecular complexity index is 1860. The van der Waals surface area contributed by atoms with Gasteiger partial charge in [-0.25, -0.2) is 14.4 Å². The van der Waals surface area contributed by atoms with Gasteiger partial charge in [-0.1, -0.05) is 73.4 Å². The highest BCUT2D eigenvalue weighted by Crippen LogP contribution is 2.36. The van der Waals surface area contributed by atoms with Crippen LogP contribution in [0.5, 0.6) is 0 Å². The zero-order valence-corrected chi connectivity index (χ0v) is 27.0. The van der Waals surface area contributed by atoms with Crippen molar-refractivity contribution in [1.82, 2.24) is 14.9 Å². The molecular formula is C37H36N4O8. The predicted molar refractivity (Wildman–Crippen MR) is 180 cm³/mol. The second-order valence-corrected chi connectivity index (χ2v) is 10.9. The van der Waals surface area contributed by atoms with E-state index in [2.05, 4.69) is 27.5 Å². The van der Waals surface area contributed by atoms with Gasteiger partial charge in [-0.3, -0.25) is 9.36 Å². The molecule has 49 heavy (non-hydrogen) atoms. The van der Waals surface area contributed by atoms with E-state index in [1.807, 2.05) is 6.92 Å². The van der Waals surface area contributed by atoms with Crippen molar-refractivity contribution >= 4 is 23.7 Å². The summed E-state index contributed by atoms with van der Waals surface area (Å²) in [5.41, 5.74) is 0.249. The van der Waals surface area contributed by atoms with Gasteiger partial charge < -0.3 is 29.6 Å². The second kappa shape index (κ2) is 17.0. The molecule has 1 aromatic heterocycles. The highest BCUT2D eigenvalue weighted by molar-refractivity contribution is 6.04. The monoisotopic (exact) mass is 664 g/mol. The number of nitrogens with zero attached hydrogens (tertiary/aromatic N) is 2. The average Bonchev–Trinajstić information content (AvgIpc) is 3.47. The number of hydrogen-bond donors (Lipinski definition) is 2. The van der Waals surface area contributed by atoms with E-state index in [1.165, 1.54) is 6.20 Å². The van der Waals surface area contributed by atoms with E-state index in [0.29, 0.717) is 30.7 Å². The van der Waals surface area contributed by atoms with E-state index in [9.17, 15) is 19.2 Å². The number of aromatic nitrogens is 2. The number of ether oxygens (including phenoxy) is 4. The van der Waals surface area contributed by atoms with Crippen LogP contribution < -0.4 is 16.3 Å². The normalized spacial score (nSPS) is 18.2. The molecule has 1 unspecified atom stereocenters. The summed E-state index contributed by atoms with van der Waals surface area (Å²) >= 11 is 0. The van der Waals surface area contributed by atoms with E-state index in [0.717, 1.165) is 4.57 Å². The Kier molecular flexibility index (Phi) is 12.0. The van der Waals surface area contributed by atoms with Crippen LogP contribution in [0.2, 0.25) is 0 Å². The summed E-state index contributed by atoms with van der Waals surface area (Å²) in [7, 11) is 1.80. The van der Waals surface area contributed by atoms with Crippen LogP contribution in [-0.4, -0.2) is 72.5 Å².